The van der Waals surface area contributed by atoms with Crippen LogP contribution in [0.25, 0.3) is 0 Å². The number of ether oxygens (including phenoxy) is 1. The van der Waals surface area contributed by atoms with Crippen molar-refractivity contribution in [3.8, 4) is 5.75 Å². The molecule has 1 aromatic carbocycles. The summed E-state index contributed by atoms with van der Waals surface area (Å²) in [6.07, 6.45) is 0.225. The number of rotatable bonds is 6. The van der Waals surface area contributed by atoms with Crippen LogP contribution in [-0.4, -0.2) is 23.3 Å². The molecule has 2 aromatic rings. The molecule has 1 aromatic heterocycles. The summed E-state index contributed by atoms with van der Waals surface area (Å²) < 4.78 is 5.64. The van der Waals surface area contributed by atoms with Gasteiger partial charge in [0.15, 0.2) is 10.9 Å². The molecule has 2 rings (SSSR count). The normalized spacial score (nSPS) is 10.3. The van der Waals surface area contributed by atoms with Gasteiger partial charge in [0.2, 0.25) is 5.91 Å². The van der Waals surface area contributed by atoms with Crippen molar-refractivity contribution in [3.05, 3.63) is 40.4 Å². The van der Waals surface area contributed by atoms with Crippen molar-refractivity contribution in [2.45, 2.75) is 27.2 Å². The minimum absolute atomic E-state index is 0.116. The highest BCUT2D eigenvalue weighted by atomic mass is 32.1. The molecule has 0 fully saturated rings. The molecule has 1 heterocycles. The van der Waals surface area contributed by atoms with E-state index in [1.807, 2.05) is 32.0 Å². The number of nitrogens with zero attached hydrogens (tertiary/aromatic N) is 1. The minimum Gasteiger partial charge on any atom is -0.493 e. The first-order valence-electron chi connectivity index (χ1n) is 6.92. The van der Waals surface area contributed by atoms with E-state index in [0.29, 0.717) is 17.4 Å². The number of aryl methyl sites for hydroxylation is 1. The van der Waals surface area contributed by atoms with Gasteiger partial charge in [-0.3, -0.25) is 9.59 Å². The zero-order valence-corrected chi connectivity index (χ0v) is 13.6. The maximum absolute atomic E-state index is 11.8. The van der Waals surface area contributed by atoms with Gasteiger partial charge in [-0.15, -0.1) is 11.3 Å². The van der Waals surface area contributed by atoms with Crippen LogP contribution in [-0.2, 0) is 4.79 Å². The van der Waals surface area contributed by atoms with Gasteiger partial charge >= 0.3 is 0 Å². The van der Waals surface area contributed by atoms with Crippen molar-refractivity contribution in [3.63, 3.8) is 0 Å². The third kappa shape index (κ3) is 4.14. The van der Waals surface area contributed by atoms with Crippen molar-refractivity contribution in [2.75, 3.05) is 11.9 Å². The number of hydrogen-bond donors (Lipinski definition) is 1. The Bertz CT molecular complexity index is 694. The van der Waals surface area contributed by atoms with Crippen molar-refractivity contribution < 1.29 is 14.3 Å². The summed E-state index contributed by atoms with van der Waals surface area (Å²) in [5, 5.41) is 4.73. The van der Waals surface area contributed by atoms with Crippen LogP contribution in [0, 0.1) is 13.8 Å². The summed E-state index contributed by atoms with van der Waals surface area (Å²) in [4.78, 5) is 27.0. The fourth-order valence-electron chi connectivity index (χ4n) is 1.81. The summed E-state index contributed by atoms with van der Waals surface area (Å²) in [5.74, 6) is 0.491. The number of hydrogen-bond acceptors (Lipinski definition) is 5. The number of amides is 1. The van der Waals surface area contributed by atoms with Crippen LogP contribution in [0.1, 0.15) is 35.0 Å². The topological polar surface area (TPSA) is 68.3 Å². The Hall–Kier alpha value is -2.21. The molecule has 0 unspecified atom stereocenters. The predicted octanol–water partition coefficient (Wildman–Crippen LogP) is 3.37. The molecule has 0 saturated carbocycles. The van der Waals surface area contributed by atoms with Crippen LogP contribution in [0.5, 0.6) is 5.75 Å². The third-order valence-corrected chi connectivity index (χ3v) is 4.01. The molecule has 22 heavy (non-hydrogen) atoms. The monoisotopic (exact) mass is 318 g/mol. The Morgan fingerprint density at radius 1 is 1.32 bits per heavy atom. The Morgan fingerprint density at radius 3 is 2.77 bits per heavy atom. The van der Waals surface area contributed by atoms with Gasteiger partial charge < -0.3 is 10.1 Å². The lowest BCUT2D eigenvalue weighted by Gasteiger charge is -2.10. The summed E-state index contributed by atoms with van der Waals surface area (Å²) in [6, 6.07) is 5.83. The quantitative estimate of drug-likeness (QED) is 0.829. The Balaban J connectivity index is 1.82. The van der Waals surface area contributed by atoms with Gasteiger partial charge in [-0.2, -0.15) is 0 Å². The summed E-state index contributed by atoms with van der Waals surface area (Å²) >= 11 is 1.24. The van der Waals surface area contributed by atoms with Crippen molar-refractivity contribution in [1.29, 1.82) is 0 Å². The summed E-state index contributed by atoms with van der Waals surface area (Å²) in [5.41, 5.74) is 2.60. The van der Waals surface area contributed by atoms with Crippen molar-refractivity contribution in [2.24, 2.45) is 0 Å². The standard InChI is InChI=1S/C16H18N2O3S/c1-10-5-4-6-14(11(10)2)21-8-7-15(20)18-16-17-13(9-22-16)12(3)19/h4-6,9H,7-8H2,1-3H3,(H,17,18,20). The predicted molar refractivity (Wildman–Crippen MR) is 86.8 cm³/mol. The number of Topliss-reactive ketones (excluding diaryl/α,β-unsaturated/α-hetero) is 1. The van der Waals surface area contributed by atoms with Crippen LogP contribution in [0.3, 0.4) is 0 Å². The van der Waals surface area contributed by atoms with Gasteiger partial charge in [-0.05, 0) is 31.0 Å². The lowest BCUT2D eigenvalue weighted by Crippen LogP contribution is -2.15. The SMILES string of the molecule is CC(=O)c1csc(NC(=O)CCOc2cccc(C)c2C)n1. The summed E-state index contributed by atoms with van der Waals surface area (Å²) in [7, 11) is 0. The van der Waals surface area contributed by atoms with Crippen LogP contribution in [0.2, 0.25) is 0 Å². The van der Waals surface area contributed by atoms with E-state index in [9.17, 15) is 9.59 Å². The van der Waals surface area contributed by atoms with Gasteiger partial charge in [-0.25, -0.2) is 4.98 Å². The molecular weight excluding hydrogens is 300 g/mol. The van der Waals surface area contributed by atoms with Crippen LogP contribution < -0.4 is 10.1 Å². The van der Waals surface area contributed by atoms with E-state index in [0.717, 1.165) is 16.9 Å². The second kappa shape index (κ2) is 7.17. The van der Waals surface area contributed by atoms with E-state index in [1.165, 1.54) is 18.3 Å². The fourth-order valence-corrected chi connectivity index (χ4v) is 2.57. The molecule has 6 heteroatoms. The maximum atomic E-state index is 11.8. The zero-order valence-electron chi connectivity index (χ0n) is 12.8. The lowest BCUT2D eigenvalue weighted by atomic mass is 10.1. The molecule has 0 bridgehead atoms. The van der Waals surface area contributed by atoms with E-state index in [2.05, 4.69) is 10.3 Å². The molecule has 0 aliphatic heterocycles. The van der Waals surface area contributed by atoms with Crippen LogP contribution in [0.15, 0.2) is 23.6 Å². The number of anilines is 1. The van der Waals surface area contributed by atoms with Gasteiger partial charge in [-0.1, -0.05) is 12.1 Å². The summed E-state index contributed by atoms with van der Waals surface area (Å²) in [6.45, 7) is 5.74. The highest BCUT2D eigenvalue weighted by Gasteiger charge is 2.09. The molecule has 1 N–H and O–H groups in total. The first kappa shape index (κ1) is 16.2. The van der Waals surface area contributed by atoms with Crippen molar-refractivity contribution >= 4 is 28.2 Å². The zero-order chi connectivity index (χ0) is 16.1. The lowest BCUT2D eigenvalue weighted by molar-refractivity contribution is -0.116. The molecule has 0 aliphatic rings. The smallest absolute Gasteiger partial charge is 0.229 e. The molecular formula is C16H18N2O3S. The second-order valence-corrected chi connectivity index (χ2v) is 5.80. The number of thiazole rings is 1. The highest BCUT2D eigenvalue weighted by Crippen LogP contribution is 2.21. The van der Waals surface area contributed by atoms with E-state index in [4.69, 9.17) is 4.74 Å². The van der Waals surface area contributed by atoms with Crippen molar-refractivity contribution in [1.82, 2.24) is 4.98 Å². The highest BCUT2D eigenvalue weighted by molar-refractivity contribution is 7.14. The number of nitrogens with one attached hydrogen (secondary N) is 1. The Kier molecular flexibility index (Phi) is 5.27. The molecule has 0 radical (unpaired) electrons. The molecule has 0 spiro atoms. The number of benzene rings is 1. The minimum atomic E-state index is -0.185. The van der Waals surface area contributed by atoms with Crippen LogP contribution in [0.4, 0.5) is 5.13 Å². The molecule has 0 atom stereocenters. The first-order chi connectivity index (χ1) is 10.5. The average Bonchev–Trinajstić information content (AvgIpc) is 2.92. The van der Waals surface area contributed by atoms with Gasteiger partial charge in [0.25, 0.3) is 0 Å². The number of carbonyl (C=O) groups excluding carboxylic acids is 2. The average molecular weight is 318 g/mol. The first-order valence-corrected chi connectivity index (χ1v) is 7.80. The molecule has 0 saturated heterocycles. The maximum Gasteiger partial charge on any atom is 0.229 e. The van der Waals surface area contributed by atoms with E-state index < -0.39 is 0 Å². The van der Waals surface area contributed by atoms with Gasteiger partial charge in [0, 0.05) is 12.3 Å². The largest absolute Gasteiger partial charge is 0.493 e. The Labute approximate surface area is 133 Å². The second-order valence-electron chi connectivity index (χ2n) is 4.94. The molecule has 1 amide bonds. The third-order valence-electron chi connectivity index (χ3n) is 3.25. The number of aromatic nitrogens is 1. The Morgan fingerprint density at radius 2 is 2.09 bits per heavy atom. The molecule has 5 nitrogen and oxygen atoms in total. The molecule has 0 aliphatic carbocycles. The van der Waals surface area contributed by atoms with E-state index >= 15 is 0 Å². The van der Waals surface area contributed by atoms with Gasteiger partial charge in [0.05, 0.1) is 13.0 Å². The van der Waals surface area contributed by atoms with E-state index in [-0.39, 0.29) is 18.1 Å². The number of ketones is 1. The fraction of sp³-hybridized carbons (Fsp3) is 0.312. The number of carbonyl (C=O) groups is 2. The van der Waals surface area contributed by atoms with Gasteiger partial charge in [0.1, 0.15) is 11.4 Å². The van der Waals surface area contributed by atoms with E-state index in [1.54, 1.807) is 5.38 Å². The molecule has 116 valence electrons. The van der Waals surface area contributed by atoms with Crippen LogP contribution >= 0.6 is 11.3 Å².